The maximum absolute atomic E-state index is 12.7. The first kappa shape index (κ1) is 18.4. The Morgan fingerprint density at radius 2 is 1.86 bits per heavy atom. The van der Waals surface area contributed by atoms with Gasteiger partial charge in [0, 0.05) is 49.2 Å². The molecule has 4 rings (SSSR count). The van der Waals surface area contributed by atoms with Crippen LogP contribution in [-0.2, 0) is 17.6 Å². The van der Waals surface area contributed by atoms with Gasteiger partial charge in [-0.05, 0) is 42.2 Å². The standard InChI is InChI=1S/C24H25N3O/c28-24(16-20-9-5-13-25-17-20)27-14-6-10-21(18-27)23-12-4-11-22(26-23)15-19-7-2-1-3-8-19/h1-5,7-9,11-13,17,21H,6,10,14-16,18H2/t21-/m0/s1. The van der Waals surface area contributed by atoms with E-state index in [1.165, 1.54) is 5.56 Å². The van der Waals surface area contributed by atoms with Gasteiger partial charge in [0.05, 0.1) is 6.42 Å². The van der Waals surface area contributed by atoms with Crippen LogP contribution in [0.15, 0.2) is 73.1 Å². The Bertz CT molecular complexity index is 911. The third-order valence-corrected chi connectivity index (χ3v) is 5.33. The number of amides is 1. The zero-order valence-corrected chi connectivity index (χ0v) is 16.0. The molecule has 1 aliphatic rings. The predicted molar refractivity (Wildman–Crippen MR) is 110 cm³/mol. The highest BCUT2D eigenvalue weighted by Gasteiger charge is 2.25. The molecule has 0 saturated carbocycles. The average molecular weight is 371 g/mol. The van der Waals surface area contributed by atoms with Crippen molar-refractivity contribution in [1.82, 2.24) is 14.9 Å². The van der Waals surface area contributed by atoms with E-state index in [0.29, 0.717) is 12.3 Å². The Hall–Kier alpha value is -3.01. The molecule has 2 aromatic heterocycles. The quantitative estimate of drug-likeness (QED) is 0.681. The van der Waals surface area contributed by atoms with Crippen molar-refractivity contribution in [3.05, 3.63) is 95.6 Å². The monoisotopic (exact) mass is 371 g/mol. The van der Waals surface area contributed by atoms with Crippen LogP contribution >= 0.6 is 0 Å². The van der Waals surface area contributed by atoms with E-state index >= 15 is 0 Å². The molecule has 4 nitrogen and oxygen atoms in total. The lowest BCUT2D eigenvalue weighted by Crippen LogP contribution is -2.40. The molecular weight excluding hydrogens is 346 g/mol. The summed E-state index contributed by atoms with van der Waals surface area (Å²) in [5.74, 6) is 0.487. The molecule has 0 spiro atoms. The van der Waals surface area contributed by atoms with E-state index in [4.69, 9.17) is 4.98 Å². The van der Waals surface area contributed by atoms with E-state index in [0.717, 1.165) is 49.3 Å². The van der Waals surface area contributed by atoms with Crippen molar-refractivity contribution in [2.45, 2.75) is 31.6 Å². The summed E-state index contributed by atoms with van der Waals surface area (Å²) in [5.41, 5.74) is 4.43. The number of nitrogens with zero attached hydrogens (tertiary/aromatic N) is 3. The summed E-state index contributed by atoms with van der Waals surface area (Å²) in [6, 6.07) is 20.5. The largest absolute Gasteiger partial charge is 0.342 e. The van der Waals surface area contributed by atoms with Gasteiger partial charge < -0.3 is 4.90 Å². The fraction of sp³-hybridized carbons (Fsp3) is 0.292. The maximum Gasteiger partial charge on any atom is 0.227 e. The Morgan fingerprint density at radius 3 is 2.68 bits per heavy atom. The summed E-state index contributed by atoms with van der Waals surface area (Å²) in [7, 11) is 0. The van der Waals surface area contributed by atoms with Gasteiger partial charge in [-0.25, -0.2) is 0 Å². The van der Waals surface area contributed by atoms with Crippen molar-refractivity contribution >= 4 is 5.91 Å². The molecule has 1 atom stereocenters. The van der Waals surface area contributed by atoms with Gasteiger partial charge in [-0.15, -0.1) is 0 Å². The molecule has 1 aliphatic heterocycles. The van der Waals surface area contributed by atoms with Crippen LogP contribution in [0.1, 0.15) is 41.3 Å². The predicted octanol–water partition coefficient (Wildman–Crippen LogP) is 4.02. The number of benzene rings is 1. The number of hydrogen-bond acceptors (Lipinski definition) is 3. The first-order valence-corrected chi connectivity index (χ1v) is 9.94. The Labute approximate surface area is 166 Å². The van der Waals surface area contributed by atoms with Crippen LogP contribution in [0.2, 0.25) is 0 Å². The third kappa shape index (κ3) is 4.63. The van der Waals surface area contributed by atoms with Crippen LogP contribution < -0.4 is 0 Å². The lowest BCUT2D eigenvalue weighted by Gasteiger charge is -2.32. The van der Waals surface area contributed by atoms with E-state index in [2.05, 4.69) is 47.4 Å². The molecule has 3 heterocycles. The van der Waals surface area contributed by atoms with Gasteiger partial charge in [-0.2, -0.15) is 0 Å². The van der Waals surface area contributed by atoms with Gasteiger partial charge in [0.25, 0.3) is 0 Å². The number of hydrogen-bond donors (Lipinski definition) is 0. The highest BCUT2D eigenvalue weighted by Crippen LogP contribution is 2.26. The first-order valence-electron chi connectivity index (χ1n) is 9.94. The number of likely N-dealkylation sites (tertiary alicyclic amines) is 1. The van der Waals surface area contributed by atoms with Crippen LogP contribution in [-0.4, -0.2) is 33.9 Å². The fourth-order valence-corrected chi connectivity index (χ4v) is 3.86. The van der Waals surface area contributed by atoms with Gasteiger partial charge >= 0.3 is 0 Å². The summed E-state index contributed by atoms with van der Waals surface area (Å²) in [6.07, 6.45) is 6.87. The van der Waals surface area contributed by atoms with E-state index in [1.54, 1.807) is 12.4 Å². The first-order chi connectivity index (χ1) is 13.8. The highest BCUT2D eigenvalue weighted by atomic mass is 16.2. The topological polar surface area (TPSA) is 46.1 Å². The molecule has 0 aliphatic carbocycles. The smallest absolute Gasteiger partial charge is 0.227 e. The molecule has 142 valence electrons. The lowest BCUT2D eigenvalue weighted by molar-refractivity contribution is -0.131. The minimum absolute atomic E-state index is 0.179. The molecular formula is C24H25N3O. The second kappa shape index (κ2) is 8.79. The number of rotatable bonds is 5. The van der Waals surface area contributed by atoms with Crippen LogP contribution in [0.3, 0.4) is 0 Å². The summed E-state index contributed by atoms with van der Waals surface area (Å²) in [6.45, 7) is 1.58. The molecule has 1 aromatic carbocycles. The van der Waals surface area contributed by atoms with E-state index in [-0.39, 0.29) is 5.91 Å². The number of carbonyl (C=O) groups is 1. The Kier molecular flexibility index (Phi) is 5.76. The van der Waals surface area contributed by atoms with Gasteiger partial charge in [-0.1, -0.05) is 42.5 Å². The molecule has 0 radical (unpaired) electrons. The molecule has 0 N–H and O–H groups in total. The minimum atomic E-state index is 0.179. The van der Waals surface area contributed by atoms with Crippen molar-refractivity contribution in [3.8, 4) is 0 Å². The van der Waals surface area contributed by atoms with E-state index in [1.807, 2.05) is 23.1 Å². The van der Waals surface area contributed by atoms with E-state index < -0.39 is 0 Å². The molecule has 0 bridgehead atoms. The summed E-state index contributed by atoms with van der Waals surface area (Å²) < 4.78 is 0. The zero-order valence-electron chi connectivity index (χ0n) is 16.0. The molecule has 0 unspecified atom stereocenters. The zero-order chi connectivity index (χ0) is 19.2. The fourth-order valence-electron chi connectivity index (χ4n) is 3.86. The van der Waals surface area contributed by atoms with Gasteiger partial charge in [-0.3, -0.25) is 14.8 Å². The SMILES string of the molecule is O=C(Cc1cccnc1)N1CCC[C@H](c2cccc(Cc3ccccc3)n2)C1. The lowest BCUT2D eigenvalue weighted by atomic mass is 9.93. The van der Waals surface area contributed by atoms with Crippen molar-refractivity contribution in [1.29, 1.82) is 0 Å². The van der Waals surface area contributed by atoms with Crippen molar-refractivity contribution < 1.29 is 4.79 Å². The summed E-state index contributed by atoms with van der Waals surface area (Å²) in [5, 5.41) is 0. The number of piperidine rings is 1. The minimum Gasteiger partial charge on any atom is -0.342 e. The van der Waals surface area contributed by atoms with Crippen LogP contribution in [0.5, 0.6) is 0 Å². The summed E-state index contributed by atoms with van der Waals surface area (Å²) in [4.78, 5) is 23.8. The van der Waals surface area contributed by atoms with Crippen molar-refractivity contribution in [2.75, 3.05) is 13.1 Å². The van der Waals surface area contributed by atoms with Gasteiger partial charge in [0.2, 0.25) is 5.91 Å². The number of carbonyl (C=O) groups excluding carboxylic acids is 1. The number of pyridine rings is 2. The maximum atomic E-state index is 12.7. The van der Waals surface area contributed by atoms with Crippen LogP contribution in [0, 0.1) is 0 Å². The Morgan fingerprint density at radius 1 is 1.00 bits per heavy atom. The Balaban J connectivity index is 1.43. The van der Waals surface area contributed by atoms with Crippen molar-refractivity contribution in [3.63, 3.8) is 0 Å². The van der Waals surface area contributed by atoms with E-state index in [9.17, 15) is 4.79 Å². The second-order valence-corrected chi connectivity index (χ2v) is 7.43. The molecule has 1 fully saturated rings. The van der Waals surface area contributed by atoms with Crippen LogP contribution in [0.25, 0.3) is 0 Å². The average Bonchev–Trinajstić information content (AvgIpc) is 2.75. The molecule has 1 saturated heterocycles. The highest BCUT2D eigenvalue weighted by molar-refractivity contribution is 5.78. The van der Waals surface area contributed by atoms with Crippen molar-refractivity contribution in [2.24, 2.45) is 0 Å². The summed E-state index contributed by atoms with van der Waals surface area (Å²) >= 11 is 0. The molecule has 3 aromatic rings. The normalized spacial score (nSPS) is 16.7. The molecule has 28 heavy (non-hydrogen) atoms. The molecule has 1 amide bonds. The second-order valence-electron chi connectivity index (χ2n) is 7.43. The van der Waals surface area contributed by atoms with Gasteiger partial charge in [0.1, 0.15) is 0 Å². The number of aromatic nitrogens is 2. The van der Waals surface area contributed by atoms with Crippen LogP contribution in [0.4, 0.5) is 0 Å². The third-order valence-electron chi connectivity index (χ3n) is 5.33. The van der Waals surface area contributed by atoms with Gasteiger partial charge in [0.15, 0.2) is 0 Å². The molecule has 4 heteroatoms.